The van der Waals surface area contributed by atoms with E-state index in [0.29, 0.717) is 11.1 Å². The normalized spacial score (nSPS) is 13.8. The highest BCUT2D eigenvalue weighted by atomic mass is 16.1. The standard InChI is InChI=1S/C14H11N3O.C7H15N.C2H6/c15-14(18)12-8-4-5-10-9-17(16-13(10)12)11-6-2-1-3-7-11;1-2-8-6-4-3-5-7-8;1-2/h1-9H,(H2,15,18);2-7H2,1H3;1-2H3. The Morgan fingerprint density at radius 1 is 1.00 bits per heavy atom. The Kier molecular flexibility index (Phi) is 8.69. The number of benzene rings is 2. The highest BCUT2D eigenvalue weighted by Crippen LogP contribution is 2.19. The summed E-state index contributed by atoms with van der Waals surface area (Å²) in [6, 6.07) is 15.1. The van der Waals surface area contributed by atoms with E-state index >= 15 is 0 Å². The van der Waals surface area contributed by atoms with Crippen LogP contribution in [0.1, 0.15) is 50.4 Å². The van der Waals surface area contributed by atoms with Gasteiger partial charge in [-0.2, -0.15) is 5.10 Å². The van der Waals surface area contributed by atoms with Crippen molar-refractivity contribution in [3.05, 3.63) is 60.3 Å². The third-order valence-corrected chi connectivity index (χ3v) is 4.72. The molecule has 2 N–H and O–H groups in total. The number of hydrogen-bond donors (Lipinski definition) is 1. The first-order valence-electron chi connectivity index (χ1n) is 10.2. The molecule has 1 aliphatic rings. The largest absolute Gasteiger partial charge is 0.366 e. The molecular formula is C23H32N4O. The van der Waals surface area contributed by atoms with Gasteiger partial charge < -0.3 is 10.6 Å². The number of piperidine rings is 1. The van der Waals surface area contributed by atoms with E-state index in [1.54, 1.807) is 16.8 Å². The van der Waals surface area contributed by atoms with Gasteiger partial charge in [0.2, 0.25) is 0 Å². The fraction of sp³-hybridized carbons (Fsp3) is 0.391. The SMILES string of the molecule is CC.CCN1CCCCC1.NC(=O)c1cccc2cn(-c3ccccc3)nc12. The van der Waals surface area contributed by atoms with E-state index in [0.717, 1.165) is 11.1 Å². The van der Waals surface area contributed by atoms with Crippen molar-refractivity contribution in [1.29, 1.82) is 0 Å². The predicted octanol–water partition coefficient (Wildman–Crippen LogP) is 4.64. The Balaban J connectivity index is 0.000000236. The first-order chi connectivity index (χ1) is 13.7. The predicted molar refractivity (Wildman–Crippen MR) is 117 cm³/mol. The highest BCUT2D eigenvalue weighted by molar-refractivity contribution is 6.04. The number of nitrogens with zero attached hydrogens (tertiary/aromatic N) is 3. The zero-order chi connectivity index (χ0) is 20.4. The van der Waals surface area contributed by atoms with Crippen molar-refractivity contribution in [2.45, 2.75) is 40.0 Å². The lowest BCUT2D eigenvalue weighted by Crippen LogP contribution is -2.29. The number of likely N-dealkylation sites (tertiary alicyclic amines) is 1. The van der Waals surface area contributed by atoms with Gasteiger partial charge in [-0.1, -0.05) is 57.5 Å². The summed E-state index contributed by atoms with van der Waals surface area (Å²) in [6.07, 6.45) is 6.19. The Hall–Kier alpha value is -2.66. The van der Waals surface area contributed by atoms with Crippen LogP contribution in [0.25, 0.3) is 16.6 Å². The second-order valence-corrected chi connectivity index (χ2v) is 6.51. The molecule has 3 aromatic rings. The van der Waals surface area contributed by atoms with Gasteiger partial charge in [0.15, 0.2) is 0 Å². The summed E-state index contributed by atoms with van der Waals surface area (Å²) in [6.45, 7) is 10.2. The van der Waals surface area contributed by atoms with Gasteiger partial charge in [-0.25, -0.2) is 4.68 Å². The number of primary amides is 1. The van der Waals surface area contributed by atoms with E-state index in [9.17, 15) is 4.79 Å². The lowest BCUT2D eigenvalue weighted by molar-refractivity contribution is 0.100. The molecule has 28 heavy (non-hydrogen) atoms. The summed E-state index contributed by atoms with van der Waals surface area (Å²) in [7, 11) is 0. The number of amides is 1. The molecule has 0 aliphatic carbocycles. The van der Waals surface area contributed by atoms with E-state index in [4.69, 9.17) is 5.73 Å². The van der Waals surface area contributed by atoms with Crippen molar-refractivity contribution in [2.75, 3.05) is 19.6 Å². The maximum absolute atomic E-state index is 11.3. The molecule has 1 aliphatic heterocycles. The molecule has 150 valence electrons. The Labute approximate surface area is 168 Å². The molecule has 1 saturated heterocycles. The summed E-state index contributed by atoms with van der Waals surface area (Å²) in [4.78, 5) is 13.9. The minimum Gasteiger partial charge on any atom is -0.366 e. The molecule has 0 radical (unpaired) electrons. The van der Waals surface area contributed by atoms with E-state index in [2.05, 4.69) is 16.9 Å². The van der Waals surface area contributed by atoms with Gasteiger partial charge in [0, 0.05) is 11.6 Å². The van der Waals surface area contributed by atoms with Crippen molar-refractivity contribution in [1.82, 2.24) is 14.7 Å². The van der Waals surface area contributed by atoms with Crippen LogP contribution < -0.4 is 5.73 Å². The molecule has 1 aromatic heterocycles. The second-order valence-electron chi connectivity index (χ2n) is 6.51. The minimum absolute atomic E-state index is 0.446. The third-order valence-electron chi connectivity index (χ3n) is 4.72. The zero-order valence-corrected chi connectivity index (χ0v) is 17.3. The third kappa shape index (κ3) is 5.67. The van der Waals surface area contributed by atoms with Crippen LogP contribution in [0.3, 0.4) is 0 Å². The van der Waals surface area contributed by atoms with Crippen LogP contribution in [-0.2, 0) is 0 Å². The Morgan fingerprint density at radius 3 is 2.25 bits per heavy atom. The number of para-hydroxylation sites is 1. The molecule has 0 unspecified atom stereocenters. The maximum atomic E-state index is 11.3. The maximum Gasteiger partial charge on any atom is 0.250 e. The molecule has 0 spiro atoms. The molecule has 2 heterocycles. The average Bonchev–Trinajstić information content (AvgIpc) is 3.21. The van der Waals surface area contributed by atoms with Gasteiger partial charge in [0.1, 0.15) is 5.52 Å². The smallest absolute Gasteiger partial charge is 0.250 e. The first kappa shape index (κ1) is 21.6. The number of aromatic nitrogens is 2. The molecule has 4 rings (SSSR count). The van der Waals surface area contributed by atoms with Gasteiger partial charge in [-0.3, -0.25) is 4.79 Å². The summed E-state index contributed by atoms with van der Waals surface area (Å²) in [5.41, 5.74) is 7.37. The lowest BCUT2D eigenvalue weighted by atomic mass is 10.1. The van der Waals surface area contributed by atoms with Gasteiger partial charge >= 0.3 is 0 Å². The van der Waals surface area contributed by atoms with Crippen molar-refractivity contribution >= 4 is 16.8 Å². The number of carbonyl (C=O) groups is 1. The van der Waals surface area contributed by atoms with Crippen LogP contribution >= 0.6 is 0 Å². The Bertz CT molecular complexity index is 851. The van der Waals surface area contributed by atoms with Crippen molar-refractivity contribution in [3.8, 4) is 5.69 Å². The number of fused-ring (bicyclic) bond motifs is 1. The molecule has 1 amide bonds. The molecule has 5 heteroatoms. The van der Waals surface area contributed by atoms with Crippen molar-refractivity contribution in [3.63, 3.8) is 0 Å². The molecule has 1 fully saturated rings. The van der Waals surface area contributed by atoms with Gasteiger partial charge in [-0.15, -0.1) is 0 Å². The topological polar surface area (TPSA) is 64.2 Å². The summed E-state index contributed by atoms with van der Waals surface area (Å²) >= 11 is 0. The van der Waals surface area contributed by atoms with Crippen molar-refractivity contribution in [2.24, 2.45) is 5.73 Å². The summed E-state index contributed by atoms with van der Waals surface area (Å²) in [5.74, 6) is -0.459. The number of nitrogens with two attached hydrogens (primary N) is 1. The quantitative estimate of drug-likeness (QED) is 0.720. The Morgan fingerprint density at radius 2 is 1.68 bits per heavy atom. The average molecular weight is 381 g/mol. The summed E-state index contributed by atoms with van der Waals surface area (Å²) in [5, 5.41) is 5.32. The second kappa shape index (κ2) is 11.2. The molecule has 0 atom stereocenters. The highest BCUT2D eigenvalue weighted by Gasteiger charge is 2.10. The molecule has 5 nitrogen and oxygen atoms in total. The van der Waals surface area contributed by atoms with Crippen LogP contribution in [-0.4, -0.2) is 40.2 Å². The number of rotatable bonds is 3. The number of carbonyl (C=O) groups excluding carboxylic acids is 1. The molecule has 0 saturated carbocycles. The lowest BCUT2D eigenvalue weighted by Gasteiger charge is -2.24. The van der Waals surface area contributed by atoms with Crippen LogP contribution in [0.4, 0.5) is 0 Å². The van der Waals surface area contributed by atoms with Crippen LogP contribution in [0, 0.1) is 0 Å². The molecular weight excluding hydrogens is 348 g/mol. The van der Waals surface area contributed by atoms with E-state index in [1.807, 2.05) is 56.4 Å². The van der Waals surface area contributed by atoms with E-state index < -0.39 is 5.91 Å². The van der Waals surface area contributed by atoms with Gasteiger partial charge in [0.25, 0.3) is 5.91 Å². The van der Waals surface area contributed by atoms with Gasteiger partial charge in [0.05, 0.1) is 11.3 Å². The number of hydrogen-bond acceptors (Lipinski definition) is 3. The van der Waals surface area contributed by atoms with E-state index in [-0.39, 0.29) is 0 Å². The van der Waals surface area contributed by atoms with E-state index in [1.165, 1.54) is 38.9 Å². The van der Waals surface area contributed by atoms with Crippen LogP contribution in [0.15, 0.2) is 54.7 Å². The molecule has 2 aromatic carbocycles. The molecule has 0 bridgehead atoms. The van der Waals surface area contributed by atoms with Crippen LogP contribution in [0.2, 0.25) is 0 Å². The zero-order valence-electron chi connectivity index (χ0n) is 17.3. The summed E-state index contributed by atoms with van der Waals surface area (Å²) < 4.78 is 1.75. The van der Waals surface area contributed by atoms with Gasteiger partial charge in [-0.05, 0) is 50.7 Å². The minimum atomic E-state index is -0.459. The fourth-order valence-electron chi connectivity index (χ4n) is 3.23. The fourth-order valence-corrected chi connectivity index (χ4v) is 3.23. The van der Waals surface area contributed by atoms with Crippen LogP contribution in [0.5, 0.6) is 0 Å². The monoisotopic (exact) mass is 380 g/mol. The van der Waals surface area contributed by atoms with Crippen molar-refractivity contribution < 1.29 is 4.79 Å². The first-order valence-corrected chi connectivity index (χ1v) is 10.2.